The number of carbonyl (C=O) groups is 2. The minimum Gasteiger partial charge on any atom is -0.426 e. The van der Waals surface area contributed by atoms with E-state index in [0.717, 1.165) is 80.6 Å². The molecular formula is C42H35F7O4. The van der Waals surface area contributed by atoms with Crippen LogP contribution >= 0.6 is 0 Å². The molecule has 0 aliphatic heterocycles. The summed E-state index contributed by atoms with van der Waals surface area (Å²) in [6.45, 7) is 1.28. The standard InChI is InChI=1S/C42H35F7O4/c1-25-34(44)19-27(20-35(25)45)32-17-15-30(23-36(32)46)52-40(50)9-7-5-3-2-4-6-8-10-41(51)53-31-16-18-33(37(47)24-31)28-21-38(48)42(39(49)22-28)26-11-13-29(43)14-12-26/h11-24H,2-10H2,1H3. The van der Waals surface area contributed by atoms with Crippen LogP contribution in [-0.4, -0.2) is 11.9 Å². The van der Waals surface area contributed by atoms with Crippen LogP contribution in [0.15, 0.2) is 84.9 Å². The first kappa shape index (κ1) is 38.8. The van der Waals surface area contributed by atoms with Gasteiger partial charge < -0.3 is 9.47 Å². The quantitative estimate of drug-likeness (QED) is 0.0465. The average molecular weight is 737 g/mol. The second-order valence-corrected chi connectivity index (χ2v) is 12.6. The number of ether oxygens (including phenoxy) is 2. The molecule has 0 aliphatic rings. The highest BCUT2D eigenvalue weighted by molar-refractivity contribution is 5.75. The summed E-state index contributed by atoms with van der Waals surface area (Å²) >= 11 is 0. The van der Waals surface area contributed by atoms with Crippen LogP contribution in [0.4, 0.5) is 30.7 Å². The molecule has 0 radical (unpaired) electrons. The van der Waals surface area contributed by atoms with Crippen LogP contribution in [0, 0.1) is 47.6 Å². The molecule has 0 aliphatic carbocycles. The third-order valence-electron chi connectivity index (χ3n) is 8.68. The summed E-state index contributed by atoms with van der Waals surface area (Å²) in [5, 5.41) is 0. The lowest BCUT2D eigenvalue weighted by Crippen LogP contribution is -2.08. The highest BCUT2D eigenvalue weighted by Crippen LogP contribution is 2.34. The fourth-order valence-corrected chi connectivity index (χ4v) is 5.80. The minimum atomic E-state index is -0.944. The third kappa shape index (κ3) is 10.3. The zero-order valence-corrected chi connectivity index (χ0v) is 28.7. The van der Waals surface area contributed by atoms with Gasteiger partial charge in [-0.3, -0.25) is 9.59 Å². The Labute approximate surface area is 302 Å². The molecule has 0 unspecified atom stereocenters. The Morgan fingerprint density at radius 1 is 0.453 bits per heavy atom. The van der Waals surface area contributed by atoms with E-state index in [4.69, 9.17) is 9.47 Å². The van der Waals surface area contributed by atoms with Crippen molar-refractivity contribution >= 4 is 11.9 Å². The molecule has 5 rings (SSSR count). The van der Waals surface area contributed by atoms with Gasteiger partial charge in [0.2, 0.25) is 0 Å². The van der Waals surface area contributed by atoms with Crippen molar-refractivity contribution in [2.24, 2.45) is 0 Å². The molecule has 0 spiro atoms. The first-order valence-corrected chi connectivity index (χ1v) is 17.1. The summed E-state index contributed by atoms with van der Waals surface area (Å²) in [4.78, 5) is 24.5. The molecule has 0 bridgehead atoms. The summed E-state index contributed by atoms with van der Waals surface area (Å²) in [6.07, 6.45) is 5.41. The van der Waals surface area contributed by atoms with Crippen molar-refractivity contribution in [3.05, 3.63) is 131 Å². The summed E-state index contributed by atoms with van der Waals surface area (Å²) in [7, 11) is 0. The van der Waals surface area contributed by atoms with Crippen molar-refractivity contribution in [2.75, 3.05) is 0 Å². The fraction of sp³-hybridized carbons (Fsp3) is 0.238. The molecule has 0 atom stereocenters. The lowest BCUT2D eigenvalue weighted by Gasteiger charge is -2.11. The molecule has 0 fully saturated rings. The average Bonchev–Trinajstić information content (AvgIpc) is 3.10. The summed E-state index contributed by atoms with van der Waals surface area (Å²) in [6, 6.07) is 15.9. The maximum Gasteiger partial charge on any atom is 0.311 e. The lowest BCUT2D eigenvalue weighted by molar-refractivity contribution is -0.135. The Hall–Kier alpha value is -5.45. The molecule has 4 nitrogen and oxygen atoms in total. The van der Waals surface area contributed by atoms with Crippen molar-refractivity contribution in [2.45, 2.75) is 64.7 Å². The molecule has 53 heavy (non-hydrogen) atoms. The van der Waals surface area contributed by atoms with Crippen molar-refractivity contribution in [3.8, 4) is 44.9 Å². The van der Waals surface area contributed by atoms with Crippen LogP contribution in [0.2, 0.25) is 0 Å². The van der Waals surface area contributed by atoms with Gasteiger partial charge in [0.25, 0.3) is 0 Å². The predicted octanol–water partition coefficient (Wildman–Crippen LogP) is 12.0. The van der Waals surface area contributed by atoms with Gasteiger partial charge in [-0.2, -0.15) is 0 Å². The van der Waals surface area contributed by atoms with Gasteiger partial charge in [0.1, 0.15) is 52.2 Å². The zero-order valence-electron chi connectivity index (χ0n) is 28.7. The lowest BCUT2D eigenvalue weighted by atomic mass is 9.98. The van der Waals surface area contributed by atoms with Crippen LogP contribution in [0.25, 0.3) is 33.4 Å². The summed E-state index contributed by atoms with van der Waals surface area (Å²) in [5.41, 5.74) is -0.532. The van der Waals surface area contributed by atoms with E-state index in [1.807, 2.05) is 0 Å². The van der Waals surface area contributed by atoms with Crippen LogP contribution < -0.4 is 9.47 Å². The van der Waals surface area contributed by atoms with Gasteiger partial charge in [-0.05, 0) is 97.1 Å². The molecule has 0 saturated carbocycles. The Kier molecular flexibility index (Phi) is 13.1. The number of hydrogen-bond donors (Lipinski definition) is 0. The Balaban J connectivity index is 0.967. The van der Waals surface area contributed by atoms with Crippen LogP contribution in [-0.2, 0) is 9.59 Å². The van der Waals surface area contributed by atoms with E-state index in [1.54, 1.807) is 0 Å². The Morgan fingerprint density at radius 2 is 0.849 bits per heavy atom. The maximum absolute atomic E-state index is 14.9. The van der Waals surface area contributed by atoms with Crippen LogP contribution in [0.3, 0.4) is 0 Å². The van der Waals surface area contributed by atoms with Gasteiger partial charge >= 0.3 is 11.9 Å². The molecule has 11 heteroatoms. The second kappa shape index (κ2) is 17.9. The van der Waals surface area contributed by atoms with Crippen molar-refractivity contribution in [1.82, 2.24) is 0 Å². The van der Waals surface area contributed by atoms with Crippen LogP contribution in [0.5, 0.6) is 11.5 Å². The van der Waals surface area contributed by atoms with Gasteiger partial charge in [0, 0.05) is 41.7 Å². The molecule has 0 amide bonds. The third-order valence-corrected chi connectivity index (χ3v) is 8.68. The smallest absolute Gasteiger partial charge is 0.311 e. The van der Waals surface area contributed by atoms with E-state index in [2.05, 4.69) is 0 Å². The number of esters is 2. The van der Waals surface area contributed by atoms with E-state index in [0.29, 0.717) is 12.8 Å². The second-order valence-electron chi connectivity index (χ2n) is 12.6. The van der Waals surface area contributed by atoms with Gasteiger partial charge in [0.05, 0.1) is 5.56 Å². The number of rotatable bonds is 15. The van der Waals surface area contributed by atoms with E-state index >= 15 is 0 Å². The van der Waals surface area contributed by atoms with E-state index in [9.17, 15) is 40.3 Å². The fourth-order valence-electron chi connectivity index (χ4n) is 5.80. The summed E-state index contributed by atoms with van der Waals surface area (Å²) in [5.74, 6) is -6.78. The van der Waals surface area contributed by atoms with Crippen molar-refractivity contribution in [1.29, 1.82) is 0 Å². The first-order valence-electron chi connectivity index (χ1n) is 17.1. The molecule has 0 N–H and O–H groups in total. The molecule has 5 aromatic carbocycles. The largest absolute Gasteiger partial charge is 0.426 e. The topological polar surface area (TPSA) is 52.6 Å². The SMILES string of the molecule is Cc1c(F)cc(-c2ccc(OC(=O)CCCCCCCCCC(=O)Oc3ccc(-c4cc(F)c(-c5ccc(F)cc5)c(F)c4)c(F)c3)cc2F)cc1F. The van der Waals surface area contributed by atoms with Crippen molar-refractivity contribution < 1.29 is 49.8 Å². The van der Waals surface area contributed by atoms with Gasteiger partial charge in [-0.25, -0.2) is 30.7 Å². The molecule has 276 valence electrons. The van der Waals surface area contributed by atoms with Gasteiger partial charge in [-0.15, -0.1) is 0 Å². The Bertz CT molecular complexity index is 2050. The highest BCUT2D eigenvalue weighted by Gasteiger charge is 2.18. The number of unbranched alkanes of at least 4 members (excludes halogenated alkanes) is 6. The zero-order chi connectivity index (χ0) is 38.1. The van der Waals surface area contributed by atoms with E-state index in [-0.39, 0.29) is 63.3 Å². The van der Waals surface area contributed by atoms with Crippen molar-refractivity contribution in [3.63, 3.8) is 0 Å². The van der Waals surface area contributed by atoms with Crippen LogP contribution in [0.1, 0.15) is 63.4 Å². The Morgan fingerprint density at radius 3 is 1.26 bits per heavy atom. The number of benzene rings is 5. The highest BCUT2D eigenvalue weighted by atomic mass is 19.2. The minimum absolute atomic E-state index is 0.00973. The number of halogens is 7. The van der Waals surface area contributed by atoms with Gasteiger partial charge in [0.15, 0.2) is 0 Å². The molecule has 0 heterocycles. The monoisotopic (exact) mass is 736 g/mol. The molecular weight excluding hydrogens is 701 g/mol. The predicted molar refractivity (Wildman–Crippen MR) is 186 cm³/mol. The number of carbonyl (C=O) groups excluding carboxylic acids is 2. The maximum atomic E-state index is 14.9. The summed E-state index contributed by atoms with van der Waals surface area (Å²) < 4.78 is 111. The normalized spacial score (nSPS) is 11.1. The van der Waals surface area contributed by atoms with Gasteiger partial charge in [-0.1, -0.05) is 44.2 Å². The first-order chi connectivity index (χ1) is 25.4. The number of hydrogen-bond acceptors (Lipinski definition) is 4. The van der Waals surface area contributed by atoms with E-state index < -0.39 is 52.7 Å². The molecule has 0 aromatic heterocycles. The molecule has 5 aromatic rings. The van der Waals surface area contributed by atoms with E-state index in [1.165, 1.54) is 43.3 Å². The molecule has 0 saturated heterocycles.